The van der Waals surface area contributed by atoms with E-state index in [4.69, 9.17) is 11.6 Å². The summed E-state index contributed by atoms with van der Waals surface area (Å²) in [5, 5.41) is 4.42. The summed E-state index contributed by atoms with van der Waals surface area (Å²) in [7, 11) is 0. The topological polar surface area (TPSA) is 12.0 Å². The average Bonchev–Trinajstić information content (AvgIpc) is 2.74. The van der Waals surface area contributed by atoms with Crippen LogP contribution < -0.4 is 5.32 Å². The maximum atomic E-state index is 6.19. The van der Waals surface area contributed by atoms with Gasteiger partial charge in [0.15, 0.2) is 0 Å². The van der Waals surface area contributed by atoms with Crippen LogP contribution in [-0.4, -0.2) is 6.04 Å². The molecule has 2 heteroatoms. The average molecular weight is 244 g/mol. The number of hydrogen-bond donors (Lipinski definition) is 1. The Hall–Kier alpha value is -1.47. The van der Waals surface area contributed by atoms with E-state index in [1.165, 1.54) is 16.8 Å². The molecule has 0 bridgehead atoms. The molecule has 17 heavy (non-hydrogen) atoms. The van der Waals surface area contributed by atoms with Crippen LogP contribution in [0.4, 0.5) is 5.69 Å². The van der Waals surface area contributed by atoms with Crippen molar-refractivity contribution in [2.45, 2.75) is 18.9 Å². The van der Waals surface area contributed by atoms with Crippen LogP contribution in [0.15, 0.2) is 48.5 Å². The Labute approximate surface area is 106 Å². The zero-order valence-electron chi connectivity index (χ0n) is 9.49. The van der Waals surface area contributed by atoms with Gasteiger partial charge in [-0.15, -0.1) is 0 Å². The predicted octanol–water partition coefficient (Wildman–Crippen LogP) is 3.92. The van der Waals surface area contributed by atoms with Crippen LogP contribution in [0.3, 0.4) is 0 Å². The van der Waals surface area contributed by atoms with Gasteiger partial charge in [0.2, 0.25) is 0 Å². The largest absolute Gasteiger partial charge is 0.381 e. The highest BCUT2D eigenvalue weighted by atomic mass is 35.5. The molecule has 0 aromatic heterocycles. The number of halogens is 1. The standard InChI is InChI=1S/C15H14ClN/c16-14-7-3-1-5-11(14)9-13-10-12-6-2-4-8-15(12)17-13/h1-8,13,17H,9-10H2. The summed E-state index contributed by atoms with van der Waals surface area (Å²) in [4.78, 5) is 0. The van der Waals surface area contributed by atoms with E-state index < -0.39 is 0 Å². The number of benzene rings is 2. The van der Waals surface area contributed by atoms with Gasteiger partial charge in [0.25, 0.3) is 0 Å². The van der Waals surface area contributed by atoms with Crippen molar-refractivity contribution in [3.05, 3.63) is 64.7 Å². The summed E-state index contributed by atoms with van der Waals surface area (Å²) < 4.78 is 0. The third-order valence-electron chi connectivity index (χ3n) is 3.27. The molecule has 0 saturated carbocycles. The van der Waals surface area contributed by atoms with Gasteiger partial charge < -0.3 is 5.32 Å². The molecule has 3 rings (SSSR count). The van der Waals surface area contributed by atoms with E-state index in [9.17, 15) is 0 Å². The number of rotatable bonds is 2. The number of fused-ring (bicyclic) bond motifs is 1. The van der Waals surface area contributed by atoms with Gasteiger partial charge in [-0.2, -0.15) is 0 Å². The lowest BCUT2D eigenvalue weighted by molar-refractivity contribution is 0.746. The lowest BCUT2D eigenvalue weighted by Gasteiger charge is -2.12. The Morgan fingerprint density at radius 3 is 2.65 bits per heavy atom. The molecule has 0 fully saturated rings. The van der Waals surface area contributed by atoms with E-state index >= 15 is 0 Å². The van der Waals surface area contributed by atoms with Gasteiger partial charge in [-0.1, -0.05) is 48.0 Å². The smallest absolute Gasteiger partial charge is 0.0438 e. The Morgan fingerprint density at radius 1 is 1.06 bits per heavy atom. The summed E-state index contributed by atoms with van der Waals surface area (Å²) >= 11 is 6.19. The SMILES string of the molecule is Clc1ccccc1CC1Cc2ccccc2N1. The van der Waals surface area contributed by atoms with Crippen molar-refractivity contribution in [1.82, 2.24) is 0 Å². The zero-order chi connectivity index (χ0) is 11.7. The van der Waals surface area contributed by atoms with Gasteiger partial charge in [0, 0.05) is 16.8 Å². The van der Waals surface area contributed by atoms with Crippen molar-refractivity contribution in [3.63, 3.8) is 0 Å². The number of nitrogens with one attached hydrogen (secondary N) is 1. The van der Waals surface area contributed by atoms with Gasteiger partial charge >= 0.3 is 0 Å². The first-order valence-corrected chi connectivity index (χ1v) is 6.28. The van der Waals surface area contributed by atoms with E-state index in [0.29, 0.717) is 6.04 Å². The molecular formula is C15H14ClN. The minimum Gasteiger partial charge on any atom is -0.381 e. The molecule has 0 amide bonds. The molecule has 2 aromatic rings. The quantitative estimate of drug-likeness (QED) is 0.843. The van der Waals surface area contributed by atoms with Gasteiger partial charge in [-0.3, -0.25) is 0 Å². The molecular weight excluding hydrogens is 230 g/mol. The van der Waals surface area contributed by atoms with Crippen molar-refractivity contribution in [1.29, 1.82) is 0 Å². The van der Waals surface area contributed by atoms with Crippen molar-refractivity contribution in [2.24, 2.45) is 0 Å². The molecule has 1 unspecified atom stereocenters. The van der Waals surface area contributed by atoms with E-state index in [1.54, 1.807) is 0 Å². The predicted molar refractivity (Wildman–Crippen MR) is 72.7 cm³/mol. The summed E-state index contributed by atoms with van der Waals surface area (Å²) in [5.74, 6) is 0. The van der Waals surface area contributed by atoms with Crippen LogP contribution in [-0.2, 0) is 12.8 Å². The molecule has 86 valence electrons. The lowest BCUT2D eigenvalue weighted by atomic mass is 10.0. The first kappa shape index (κ1) is 10.7. The van der Waals surface area contributed by atoms with Crippen LogP contribution >= 0.6 is 11.6 Å². The highest BCUT2D eigenvalue weighted by molar-refractivity contribution is 6.31. The molecule has 0 saturated heterocycles. The molecule has 2 aromatic carbocycles. The highest BCUT2D eigenvalue weighted by Crippen LogP contribution is 2.28. The molecule has 1 nitrogen and oxygen atoms in total. The fraction of sp³-hybridized carbons (Fsp3) is 0.200. The zero-order valence-corrected chi connectivity index (χ0v) is 10.2. The number of para-hydroxylation sites is 1. The highest BCUT2D eigenvalue weighted by Gasteiger charge is 2.20. The second-order valence-electron chi connectivity index (χ2n) is 4.50. The van der Waals surface area contributed by atoms with Gasteiger partial charge in [-0.05, 0) is 36.1 Å². The molecule has 0 aliphatic carbocycles. The monoisotopic (exact) mass is 243 g/mol. The summed E-state index contributed by atoms with van der Waals surface area (Å²) in [6.45, 7) is 0. The molecule has 0 radical (unpaired) electrons. The first-order valence-electron chi connectivity index (χ1n) is 5.91. The summed E-state index contributed by atoms with van der Waals surface area (Å²) in [6.07, 6.45) is 2.07. The third kappa shape index (κ3) is 2.16. The second-order valence-corrected chi connectivity index (χ2v) is 4.91. The van der Waals surface area contributed by atoms with E-state index in [2.05, 4.69) is 35.6 Å². The minimum atomic E-state index is 0.465. The van der Waals surface area contributed by atoms with Gasteiger partial charge in [0.1, 0.15) is 0 Å². The van der Waals surface area contributed by atoms with E-state index in [1.807, 2.05) is 18.2 Å². The van der Waals surface area contributed by atoms with Crippen molar-refractivity contribution in [2.75, 3.05) is 5.32 Å². The molecule has 1 atom stereocenters. The molecule has 1 aliphatic heterocycles. The maximum absolute atomic E-state index is 6.19. The lowest BCUT2D eigenvalue weighted by Crippen LogP contribution is -2.18. The fourth-order valence-electron chi connectivity index (χ4n) is 2.43. The molecule has 1 aliphatic rings. The molecule has 1 N–H and O–H groups in total. The van der Waals surface area contributed by atoms with Gasteiger partial charge in [-0.25, -0.2) is 0 Å². The van der Waals surface area contributed by atoms with Crippen molar-refractivity contribution < 1.29 is 0 Å². The Bertz CT molecular complexity index is 511. The van der Waals surface area contributed by atoms with Crippen LogP contribution in [0.1, 0.15) is 11.1 Å². The number of anilines is 1. The van der Waals surface area contributed by atoms with E-state index in [-0.39, 0.29) is 0 Å². The van der Waals surface area contributed by atoms with Crippen LogP contribution in [0.2, 0.25) is 5.02 Å². The van der Waals surface area contributed by atoms with Crippen molar-refractivity contribution in [3.8, 4) is 0 Å². The Kier molecular flexibility index (Phi) is 2.77. The number of hydrogen-bond acceptors (Lipinski definition) is 1. The van der Waals surface area contributed by atoms with Crippen molar-refractivity contribution >= 4 is 17.3 Å². The Balaban J connectivity index is 1.76. The second kappa shape index (κ2) is 4.42. The van der Waals surface area contributed by atoms with Crippen LogP contribution in [0, 0.1) is 0 Å². The minimum absolute atomic E-state index is 0.465. The first-order chi connectivity index (χ1) is 8.33. The maximum Gasteiger partial charge on any atom is 0.0438 e. The third-order valence-corrected chi connectivity index (χ3v) is 3.64. The molecule has 0 spiro atoms. The molecule has 1 heterocycles. The van der Waals surface area contributed by atoms with E-state index in [0.717, 1.165) is 17.9 Å². The van der Waals surface area contributed by atoms with Gasteiger partial charge in [0.05, 0.1) is 0 Å². The van der Waals surface area contributed by atoms with Crippen LogP contribution in [0.25, 0.3) is 0 Å². The normalized spacial score (nSPS) is 17.6. The summed E-state index contributed by atoms with van der Waals surface area (Å²) in [6, 6.07) is 17.0. The van der Waals surface area contributed by atoms with Crippen LogP contribution in [0.5, 0.6) is 0 Å². The fourth-order valence-corrected chi connectivity index (χ4v) is 2.64. The summed E-state index contributed by atoms with van der Waals surface area (Å²) in [5.41, 5.74) is 3.90. The Morgan fingerprint density at radius 2 is 1.82 bits per heavy atom.